The third-order valence-corrected chi connectivity index (χ3v) is 4.99. The Morgan fingerprint density at radius 2 is 1.88 bits per heavy atom. The van der Waals surface area contributed by atoms with Crippen molar-refractivity contribution in [1.82, 2.24) is 0 Å². The summed E-state index contributed by atoms with van der Waals surface area (Å²) in [6, 6.07) is 12.3. The number of carbonyl (C=O) groups excluding carboxylic acids is 1. The first-order valence-electron chi connectivity index (χ1n) is 8.11. The Bertz CT molecular complexity index is 742. The molecule has 0 aliphatic carbocycles. The van der Waals surface area contributed by atoms with Gasteiger partial charge in [0.05, 0.1) is 5.69 Å². The van der Waals surface area contributed by atoms with Crippen molar-refractivity contribution in [3.63, 3.8) is 0 Å². The highest BCUT2D eigenvalue weighted by Crippen LogP contribution is 2.28. The van der Waals surface area contributed by atoms with Crippen molar-refractivity contribution in [2.75, 3.05) is 23.3 Å². The molecule has 1 fully saturated rings. The molecule has 0 aromatic heterocycles. The topological polar surface area (TPSA) is 32.3 Å². The Morgan fingerprint density at radius 3 is 2.58 bits per heavy atom. The lowest BCUT2D eigenvalue weighted by Crippen LogP contribution is -2.38. The molecular formula is C19H20ClFN2O. The number of nitrogens with zero attached hydrogens (tertiary/aromatic N) is 1. The van der Waals surface area contributed by atoms with E-state index >= 15 is 0 Å². The quantitative estimate of drug-likeness (QED) is 0.877. The van der Waals surface area contributed by atoms with Gasteiger partial charge in [0.25, 0.3) is 0 Å². The van der Waals surface area contributed by atoms with Gasteiger partial charge in [-0.25, -0.2) is 4.39 Å². The molecule has 1 aliphatic heterocycles. The first-order valence-corrected chi connectivity index (χ1v) is 8.49. The first-order chi connectivity index (χ1) is 11.6. The van der Waals surface area contributed by atoms with Crippen LogP contribution in [0.3, 0.4) is 0 Å². The van der Waals surface area contributed by atoms with Crippen molar-refractivity contribution in [1.29, 1.82) is 0 Å². The Morgan fingerprint density at radius 1 is 1.17 bits per heavy atom. The monoisotopic (exact) mass is 346 g/mol. The molecule has 1 amide bonds. The van der Waals surface area contributed by atoms with Crippen LogP contribution in [0.1, 0.15) is 18.4 Å². The summed E-state index contributed by atoms with van der Waals surface area (Å²) >= 11 is 6.09. The molecule has 1 aliphatic rings. The molecule has 1 heterocycles. The van der Waals surface area contributed by atoms with Gasteiger partial charge in [-0.2, -0.15) is 0 Å². The number of amides is 1. The molecule has 2 aromatic rings. The van der Waals surface area contributed by atoms with Crippen molar-refractivity contribution >= 4 is 28.9 Å². The molecule has 24 heavy (non-hydrogen) atoms. The lowest BCUT2D eigenvalue weighted by atomic mass is 9.95. The van der Waals surface area contributed by atoms with Gasteiger partial charge in [-0.15, -0.1) is 0 Å². The summed E-state index contributed by atoms with van der Waals surface area (Å²) in [5.41, 5.74) is 2.24. The van der Waals surface area contributed by atoms with Gasteiger partial charge < -0.3 is 10.2 Å². The van der Waals surface area contributed by atoms with Gasteiger partial charge in [0.2, 0.25) is 5.91 Å². The first kappa shape index (κ1) is 16.8. The van der Waals surface area contributed by atoms with Crippen molar-refractivity contribution in [3.05, 3.63) is 58.9 Å². The number of hydrogen-bond donors (Lipinski definition) is 1. The van der Waals surface area contributed by atoms with E-state index in [1.165, 1.54) is 6.07 Å². The smallest absolute Gasteiger partial charge is 0.227 e. The Kier molecular flexibility index (Phi) is 5.05. The summed E-state index contributed by atoms with van der Waals surface area (Å²) < 4.78 is 13.9. The molecule has 126 valence electrons. The number of piperidine rings is 1. The highest BCUT2D eigenvalue weighted by atomic mass is 35.5. The van der Waals surface area contributed by atoms with Crippen LogP contribution in [0.25, 0.3) is 0 Å². The van der Waals surface area contributed by atoms with E-state index in [9.17, 15) is 9.18 Å². The number of anilines is 2. The second kappa shape index (κ2) is 7.22. The molecule has 0 atom stereocenters. The molecule has 3 nitrogen and oxygen atoms in total. The van der Waals surface area contributed by atoms with Gasteiger partial charge in [0.1, 0.15) is 5.82 Å². The van der Waals surface area contributed by atoms with Gasteiger partial charge in [-0.05, 0) is 49.6 Å². The lowest BCUT2D eigenvalue weighted by Gasteiger charge is -2.33. The standard InChI is InChI=1S/C19H20ClFN2O/c1-13-15(20)5-4-7-17(13)22-19(24)14-9-11-23(12-10-14)18-8-3-2-6-16(18)21/h2-8,14H,9-12H2,1H3,(H,22,24). The zero-order chi connectivity index (χ0) is 17.1. The van der Waals surface area contributed by atoms with E-state index in [1.807, 2.05) is 30.0 Å². The van der Waals surface area contributed by atoms with Gasteiger partial charge in [0.15, 0.2) is 0 Å². The van der Waals surface area contributed by atoms with E-state index in [2.05, 4.69) is 5.32 Å². The van der Waals surface area contributed by atoms with Crippen LogP contribution in [-0.4, -0.2) is 19.0 Å². The van der Waals surface area contributed by atoms with Crippen molar-refractivity contribution in [3.8, 4) is 0 Å². The van der Waals surface area contributed by atoms with Crippen LogP contribution in [0, 0.1) is 18.7 Å². The average molecular weight is 347 g/mol. The van der Waals surface area contributed by atoms with Crippen LogP contribution in [0.15, 0.2) is 42.5 Å². The summed E-state index contributed by atoms with van der Waals surface area (Å²) in [5.74, 6) is -0.269. The molecule has 3 rings (SSSR count). The van der Waals surface area contributed by atoms with Gasteiger partial charge >= 0.3 is 0 Å². The molecule has 0 bridgehead atoms. The molecule has 0 unspecified atom stereocenters. The maximum atomic E-state index is 13.9. The molecule has 1 saturated heterocycles. The fraction of sp³-hybridized carbons (Fsp3) is 0.316. The van der Waals surface area contributed by atoms with E-state index < -0.39 is 0 Å². The summed E-state index contributed by atoms with van der Waals surface area (Å²) in [6.07, 6.45) is 1.42. The van der Waals surface area contributed by atoms with Crippen molar-refractivity contribution in [2.45, 2.75) is 19.8 Å². The fourth-order valence-corrected chi connectivity index (χ4v) is 3.24. The number of nitrogens with one attached hydrogen (secondary N) is 1. The van der Waals surface area contributed by atoms with Crippen LogP contribution < -0.4 is 10.2 Å². The molecule has 2 aromatic carbocycles. The second-order valence-electron chi connectivity index (χ2n) is 6.11. The summed E-state index contributed by atoms with van der Waals surface area (Å²) in [4.78, 5) is 14.5. The number of carbonyl (C=O) groups is 1. The van der Waals surface area contributed by atoms with E-state index in [1.54, 1.807) is 18.2 Å². The molecule has 0 spiro atoms. The van der Waals surface area contributed by atoms with E-state index in [0.717, 1.165) is 11.3 Å². The highest BCUT2D eigenvalue weighted by molar-refractivity contribution is 6.31. The number of para-hydroxylation sites is 1. The predicted molar refractivity (Wildman–Crippen MR) is 96.2 cm³/mol. The number of halogens is 2. The third kappa shape index (κ3) is 3.54. The maximum Gasteiger partial charge on any atom is 0.227 e. The lowest BCUT2D eigenvalue weighted by molar-refractivity contribution is -0.120. The Hall–Kier alpha value is -2.07. The number of hydrogen-bond acceptors (Lipinski definition) is 2. The predicted octanol–water partition coefficient (Wildman–Crippen LogP) is 4.64. The van der Waals surface area contributed by atoms with Crippen LogP contribution >= 0.6 is 11.6 Å². The Labute approximate surface area is 146 Å². The van der Waals surface area contributed by atoms with Crippen LogP contribution in [0.2, 0.25) is 5.02 Å². The molecular weight excluding hydrogens is 327 g/mol. The van der Waals surface area contributed by atoms with Gasteiger partial charge in [-0.1, -0.05) is 29.8 Å². The van der Waals surface area contributed by atoms with E-state index in [-0.39, 0.29) is 17.6 Å². The van der Waals surface area contributed by atoms with Gasteiger partial charge in [-0.3, -0.25) is 4.79 Å². The molecule has 0 saturated carbocycles. The highest BCUT2D eigenvalue weighted by Gasteiger charge is 2.26. The zero-order valence-corrected chi connectivity index (χ0v) is 14.3. The van der Waals surface area contributed by atoms with Crippen LogP contribution in [0.4, 0.5) is 15.8 Å². The van der Waals surface area contributed by atoms with Crippen molar-refractivity contribution in [2.24, 2.45) is 5.92 Å². The third-order valence-electron chi connectivity index (χ3n) is 4.58. The number of benzene rings is 2. The van der Waals surface area contributed by atoms with Gasteiger partial charge in [0, 0.05) is 29.7 Å². The largest absolute Gasteiger partial charge is 0.369 e. The average Bonchev–Trinajstić information content (AvgIpc) is 2.59. The van der Waals surface area contributed by atoms with Crippen molar-refractivity contribution < 1.29 is 9.18 Å². The Balaban J connectivity index is 1.61. The summed E-state index contributed by atoms with van der Waals surface area (Å²) in [6.45, 7) is 3.24. The second-order valence-corrected chi connectivity index (χ2v) is 6.52. The van der Waals surface area contributed by atoms with Crippen LogP contribution in [0.5, 0.6) is 0 Å². The van der Waals surface area contributed by atoms with E-state index in [0.29, 0.717) is 36.6 Å². The van der Waals surface area contributed by atoms with Crippen LogP contribution in [-0.2, 0) is 4.79 Å². The minimum Gasteiger partial charge on any atom is -0.369 e. The molecule has 5 heteroatoms. The summed E-state index contributed by atoms with van der Waals surface area (Å²) in [7, 11) is 0. The minimum absolute atomic E-state index is 0.00792. The number of rotatable bonds is 3. The SMILES string of the molecule is Cc1c(Cl)cccc1NC(=O)C1CCN(c2ccccc2F)CC1. The maximum absolute atomic E-state index is 13.9. The zero-order valence-electron chi connectivity index (χ0n) is 13.6. The normalized spacial score (nSPS) is 15.4. The molecule has 1 N–H and O–H groups in total. The minimum atomic E-state index is -0.213. The van der Waals surface area contributed by atoms with E-state index in [4.69, 9.17) is 11.6 Å². The fourth-order valence-electron chi connectivity index (χ4n) is 3.07. The molecule has 0 radical (unpaired) electrons. The summed E-state index contributed by atoms with van der Waals surface area (Å²) in [5, 5.41) is 3.61.